The average Bonchev–Trinajstić information content (AvgIpc) is 2.55. The fraction of sp³-hybridized carbons (Fsp3) is 0.182. The van der Waals surface area contributed by atoms with Crippen molar-refractivity contribution in [3.63, 3.8) is 0 Å². The van der Waals surface area contributed by atoms with Gasteiger partial charge in [-0.1, -0.05) is 73.2 Å². The molecule has 108 valence electrons. The number of fused-ring (bicyclic) bond motifs is 2. The van der Waals surface area contributed by atoms with Crippen LogP contribution in [-0.4, -0.2) is 0 Å². The average molecular weight is 284 g/mol. The lowest BCUT2D eigenvalue weighted by Gasteiger charge is -2.29. The van der Waals surface area contributed by atoms with Gasteiger partial charge in [-0.15, -0.1) is 0 Å². The molecule has 0 heterocycles. The van der Waals surface area contributed by atoms with Crippen LogP contribution in [0.1, 0.15) is 25.8 Å². The summed E-state index contributed by atoms with van der Waals surface area (Å²) in [5.41, 5.74) is 2.88. The lowest BCUT2D eigenvalue weighted by molar-refractivity contribution is 0.602. The number of hydrogen-bond donors (Lipinski definition) is 0. The van der Waals surface area contributed by atoms with Crippen LogP contribution in [0, 0.1) is 0 Å². The van der Waals surface area contributed by atoms with Crippen molar-refractivity contribution < 1.29 is 0 Å². The van der Waals surface area contributed by atoms with E-state index in [0.29, 0.717) is 0 Å². The van der Waals surface area contributed by atoms with Crippen LogP contribution in [0.15, 0.2) is 78.4 Å². The van der Waals surface area contributed by atoms with Crippen LogP contribution in [0.5, 0.6) is 0 Å². The van der Waals surface area contributed by atoms with Gasteiger partial charge in [0.2, 0.25) is 0 Å². The third-order valence-corrected chi connectivity index (χ3v) is 4.92. The third kappa shape index (κ3) is 2.07. The second-order valence-corrected chi connectivity index (χ2v) is 6.63. The maximum Gasteiger partial charge on any atom is 0.0147 e. The first kappa shape index (κ1) is 13.3. The van der Waals surface area contributed by atoms with Crippen LogP contribution in [0.3, 0.4) is 0 Å². The van der Waals surface area contributed by atoms with Gasteiger partial charge in [0.15, 0.2) is 0 Å². The molecule has 0 aromatic heterocycles. The Balaban J connectivity index is 1.98. The molecule has 0 N–H and O–H groups in total. The summed E-state index contributed by atoms with van der Waals surface area (Å²) in [5.74, 6) is 0. The third-order valence-electron chi connectivity index (χ3n) is 4.92. The van der Waals surface area contributed by atoms with Crippen molar-refractivity contribution in [3.05, 3.63) is 84.0 Å². The molecule has 0 bridgehead atoms. The summed E-state index contributed by atoms with van der Waals surface area (Å²) in [4.78, 5) is 0. The summed E-state index contributed by atoms with van der Waals surface area (Å²) in [6.45, 7) is 4.52. The van der Waals surface area contributed by atoms with Gasteiger partial charge in [0.1, 0.15) is 0 Å². The van der Waals surface area contributed by atoms with E-state index in [1.165, 1.54) is 32.7 Å². The molecule has 4 rings (SSSR count). The largest absolute Gasteiger partial charge is 0.0804 e. The van der Waals surface area contributed by atoms with Crippen molar-refractivity contribution in [1.82, 2.24) is 0 Å². The summed E-state index contributed by atoms with van der Waals surface area (Å²) in [6, 6.07) is 20.0. The van der Waals surface area contributed by atoms with Crippen molar-refractivity contribution in [1.29, 1.82) is 0 Å². The zero-order chi connectivity index (χ0) is 15.2. The van der Waals surface area contributed by atoms with E-state index in [0.717, 1.165) is 6.42 Å². The second-order valence-electron chi connectivity index (χ2n) is 6.63. The molecule has 0 spiro atoms. The number of allylic oxidation sites excluding steroid dienone is 4. The molecule has 22 heavy (non-hydrogen) atoms. The summed E-state index contributed by atoms with van der Waals surface area (Å²) < 4.78 is 0. The van der Waals surface area contributed by atoms with E-state index in [2.05, 4.69) is 86.7 Å². The van der Waals surface area contributed by atoms with Crippen LogP contribution in [0.25, 0.3) is 21.5 Å². The Bertz CT molecular complexity index is 927. The molecule has 0 saturated heterocycles. The van der Waals surface area contributed by atoms with Crippen molar-refractivity contribution in [2.45, 2.75) is 25.7 Å². The smallest absolute Gasteiger partial charge is 0.0147 e. The van der Waals surface area contributed by atoms with Gasteiger partial charge in [-0.3, -0.25) is 0 Å². The standard InChI is InChI=1S/C22H20/c1-16-10-12-22(2,13-11-16)21-9-5-8-19-14-17-6-3-4-7-18(17)15-20(19)21/h3-12,14-15H,13H2,1-2H3. The Labute approximate surface area is 131 Å². The van der Waals surface area contributed by atoms with Gasteiger partial charge in [-0.05, 0) is 52.6 Å². The minimum Gasteiger partial charge on any atom is -0.0804 e. The van der Waals surface area contributed by atoms with Gasteiger partial charge in [0.05, 0.1) is 0 Å². The van der Waals surface area contributed by atoms with Crippen LogP contribution < -0.4 is 0 Å². The highest BCUT2D eigenvalue weighted by molar-refractivity contribution is 6.00. The zero-order valence-corrected chi connectivity index (χ0v) is 13.1. The quantitative estimate of drug-likeness (QED) is 0.470. The number of hydrogen-bond acceptors (Lipinski definition) is 0. The Morgan fingerprint density at radius 3 is 2.32 bits per heavy atom. The van der Waals surface area contributed by atoms with E-state index in [1.54, 1.807) is 0 Å². The highest BCUT2D eigenvalue weighted by Gasteiger charge is 2.26. The minimum atomic E-state index is 0.0848. The van der Waals surface area contributed by atoms with Crippen LogP contribution in [0.2, 0.25) is 0 Å². The fourth-order valence-electron chi connectivity index (χ4n) is 3.49. The van der Waals surface area contributed by atoms with Crippen molar-refractivity contribution in [3.8, 4) is 0 Å². The van der Waals surface area contributed by atoms with Gasteiger partial charge in [0, 0.05) is 5.41 Å². The zero-order valence-electron chi connectivity index (χ0n) is 13.1. The Hall–Kier alpha value is -2.34. The first-order valence-corrected chi connectivity index (χ1v) is 7.94. The maximum absolute atomic E-state index is 2.37. The molecule has 0 fully saturated rings. The van der Waals surface area contributed by atoms with Crippen LogP contribution >= 0.6 is 0 Å². The van der Waals surface area contributed by atoms with Crippen molar-refractivity contribution in [2.75, 3.05) is 0 Å². The molecule has 1 aliphatic rings. The van der Waals surface area contributed by atoms with Gasteiger partial charge >= 0.3 is 0 Å². The molecule has 3 aromatic carbocycles. The van der Waals surface area contributed by atoms with Crippen LogP contribution in [-0.2, 0) is 5.41 Å². The Kier molecular flexibility index (Phi) is 2.94. The summed E-state index contributed by atoms with van der Waals surface area (Å²) in [6.07, 6.45) is 8.04. The molecule has 0 aliphatic heterocycles. The molecule has 1 atom stereocenters. The molecule has 0 amide bonds. The molecule has 0 nitrogen and oxygen atoms in total. The molecular weight excluding hydrogens is 264 g/mol. The predicted octanol–water partition coefficient (Wildman–Crippen LogP) is 6.16. The van der Waals surface area contributed by atoms with Gasteiger partial charge in [0.25, 0.3) is 0 Å². The Morgan fingerprint density at radius 2 is 1.59 bits per heavy atom. The normalized spacial score (nSPS) is 21.3. The first-order chi connectivity index (χ1) is 10.7. The van der Waals surface area contributed by atoms with E-state index in [-0.39, 0.29) is 5.41 Å². The maximum atomic E-state index is 2.37. The SMILES string of the molecule is CC1=CCC(C)(c2cccc3cc4ccccc4cc23)C=C1. The highest BCUT2D eigenvalue weighted by atomic mass is 14.3. The minimum absolute atomic E-state index is 0.0848. The van der Waals surface area contributed by atoms with Crippen LogP contribution in [0.4, 0.5) is 0 Å². The highest BCUT2D eigenvalue weighted by Crippen LogP contribution is 2.38. The van der Waals surface area contributed by atoms with Gasteiger partial charge in [-0.2, -0.15) is 0 Å². The lowest BCUT2D eigenvalue weighted by Crippen LogP contribution is -2.20. The van der Waals surface area contributed by atoms with Gasteiger partial charge < -0.3 is 0 Å². The summed E-state index contributed by atoms with van der Waals surface area (Å²) in [7, 11) is 0. The van der Waals surface area contributed by atoms with E-state index >= 15 is 0 Å². The predicted molar refractivity (Wildman–Crippen MR) is 96.3 cm³/mol. The summed E-state index contributed by atoms with van der Waals surface area (Å²) in [5, 5.41) is 5.34. The topological polar surface area (TPSA) is 0 Å². The van der Waals surface area contributed by atoms with E-state index in [1.807, 2.05) is 0 Å². The molecule has 0 radical (unpaired) electrons. The molecular formula is C22H20. The molecule has 1 unspecified atom stereocenters. The molecule has 0 saturated carbocycles. The van der Waals surface area contributed by atoms with E-state index in [4.69, 9.17) is 0 Å². The monoisotopic (exact) mass is 284 g/mol. The van der Waals surface area contributed by atoms with Crippen molar-refractivity contribution >= 4 is 21.5 Å². The molecule has 0 heteroatoms. The summed E-state index contributed by atoms with van der Waals surface area (Å²) >= 11 is 0. The lowest BCUT2D eigenvalue weighted by atomic mass is 9.74. The fourth-order valence-corrected chi connectivity index (χ4v) is 3.49. The number of benzene rings is 3. The number of rotatable bonds is 1. The molecule has 3 aromatic rings. The van der Waals surface area contributed by atoms with E-state index < -0.39 is 0 Å². The second kappa shape index (κ2) is 4.84. The molecule has 1 aliphatic carbocycles. The van der Waals surface area contributed by atoms with Gasteiger partial charge in [-0.25, -0.2) is 0 Å². The van der Waals surface area contributed by atoms with E-state index in [9.17, 15) is 0 Å². The van der Waals surface area contributed by atoms with Crippen molar-refractivity contribution in [2.24, 2.45) is 0 Å². The Morgan fingerprint density at radius 1 is 0.864 bits per heavy atom. The first-order valence-electron chi connectivity index (χ1n) is 7.94.